The van der Waals surface area contributed by atoms with Gasteiger partial charge in [0.05, 0.1) is 5.56 Å². The van der Waals surface area contributed by atoms with E-state index in [9.17, 15) is 9.59 Å². The lowest BCUT2D eigenvalue weighted by Gasteiger charge is -2.26. The highest BCUT2D eigenvalue weighted by Crippen LogP contribution is 2.18. The number of nitrogens with one attached hydrogen (secondary N) is 1. The molecule has 0 saturated heterocycles. The van der Waals surface area contributed by atoms with Crippen molar-refractivity contribution in [3.63, 3.8) is 0 Å². The summed E-state index contributed by atoms with van der Waals surface area (Å²) in [5.74, 6) is -0.926. The minimum absolute atomic E-state index is 0.0138. The first-order chi connectivity index (χ1) is 8.66. The minimum atomic E-state index is -0.940. The van der Waals surface area contributed by atoms with Crippen molar-refractivity contribution in [2.45, 2.75) is 38.1 Å². The summed E-state index contributed by atoms with van der Waals surface area (Å²) in [6, 6.07) is 7.17. The lowest BCUT2D eigenvalue weighted by atomic mass is 9.93. The van der Waals surface area contributed by atoms with Crippen LogP contribution in [0.2, 0.25) is 0 Å². The Morgan fingerprint density at radius 3 is 2.61 bits per heavy atom. The Labute approximate surface area is 106 Å². The van der Waals surface area contributed by atoms with Crippen molar-refractivity contribution in [2.24, 2.45) is 0 Å². The van der Waals surface area contributed by atoms with Crippen LogP contribution in [0.5, 0.6) is 0 Å². The molecule has 2 rings (SSSR count). The highest BCUT2D eigenvalue weighted by atomic mass is 16.4. The molecule has 0 atom stereocenters. The van der Waals surface area contributed by atoms with Crippen molar-refractivity contribution in [3.8, 4) is 0 Å². The summed E-state index contributed by atoms with van der Waals surface area (Å²) < 4.78 is 0. The van der Waals surface area contributed by atoms with Gasteiger partial charge in [-0.2, -0.15) is 0 Å². The molecular formula is C14H17NO3. The standard InChI is InChI=1S/C14H17NO3/c16-13(15-11-5-3-6-11)9-8-10-4-1-2-7-12(10)14(17)18/h1-2,4,7,11H,3,5-6,8-9H2,(H,15,16)(H,17,18). The zero-order valence-corrected chi connectivity index (χ0v) is 10.2. The number of carboxylic acid groups (broad SMARTS) is 1. The number of amides is 1. The van der Waals surface area contributed by atoms with E-state index in [0.29, 0.717) is 24.4 Å². The third-order valence-corrected chi connectivity index (χ3v) is 3.34. The van der Waals surface area contributed by atoms with Gasteiger partial charge in [-0.15, -0.1) is 0 Å². The van der Waals surface area contributed by atoms with Crippen LogP contribution in [0, 0.1) is 0 Å². The monoisotopic (exact) mass is 247 g/mol. The highest BCUT2D eigenvalue weighted by molar-refractivity contribution is 5.89. The van der Waals surface area contributed by atoms with Gasteiger partial charge in [-0.3, -0.25) is 4.79 Å². The summed E-state index contributed by atoms with van der Waals surface area (Å²) in [7, 11) is 0. The zero-order chi connectivity index (χ0) is 13.0. The van der Waals surface area contributed by atoms with E-state index >= 15 is 0 Å². The smallest absolute Gasteiger partial charge is 0.335 e. The molecule has 4 nitrogen and oxygen atoms in total. The summed E-state index contributed by atoms with van der Waals surface area (Å²) >= 11 is 0. The second-order valence-corrected chi connectivity index (χ2v) is 4.66. The van der Waals surface area contributed by atoms with Crippen LogP contribution in [-0.2, 0) is 11.2 Å². The number of carbonyl (C=O) groups is 2. The van der Waals surface area contributed by atoms with Crippen molar-refractivity contribution in [1.82, 2.24) is 5.32 Å². The number of carbonyl (C=O) groups excluding carboxylic acids is 1. The zero-order valence-electron chi connectivity index (χ0n) is 10.2. The molecule has 1 fully saturated rings. The molecule has 0 radical (unpaired) electrons. The van der Waals surface area contributed by atoms with Gasteiger partial charge in [0.25, 0.3) is 0 Å². The Kier molecular flexibility index (Phi) is 3.97. The molecule has 1 aromatic carbocycles. The Hall–Kier alpha value is -1.84. The second kappa shape index (κ2) is 5.67. The number of aryl methyl sites for hydroxylation is 1. The Morgan fingerprint density at radius 2 is 2.00 bits per heavy atom. The van der Waals surface area contributed by atoms with E-state index in [1.807, 2.05) is 0 Å². The Morgan fingerprint density at radius 1 is 1.28 bits per heavy atom. The van der Waals surface area contributed by atoms with Gasteiger partial charge in [0.1, 0.15) is 0 Å². The molecule has 1 saturated carbocycles. The third-order valence-electron chi connectivity index (χ3n) is 3.34. The van der Waals surface area contributed by atoms with Crippen LogP contribution in [0.15, 0.2) is 24.3 Å². The van der Waals surface area contributed by atoms with Crippen molar-refractivity contribution in [2.75, 3.05) is 0 Å². The van der Waals surface area contributed by atoms with E-state index in [4.69, 9.17) is 5.11 Å². The first-order valence-electron chi connectivity index (χ1n) is 6.27. The molecule has 0 aliphatic heterocycles. The summed E-state index contributed by atoms with van der Waals surface area (Å²) in [6.45, 7) is 0. The topological polar surface area (TPSA) is 66.4 Å². The fourth-order valence-corrected chi connectivity index (χ4v) is 2.05. The van der Waals surface area contributed by atoms with E-state index < -0.39 is 5.97 Å². The quantitative estimate of drug-likeness (QED) is 0.836. The largest absolute Gasteiger partial charge is 0.478 e. The van der Waals surface area contributed by atoms with E-state index in [2.05, 4.69) is 5.32 Å². The lowest BCUT2D eigenvalue weighted by molar-refractivity contribution is -0.122. The normalized spacial score (nSPS) is 14.9. The summed E-state index contributed by atoms with van der Waals surface area (Å²) in [5, 5.41) is 12.0. The third kappa shape index (κ3) is 3.09. The fraction of sp³-hybridized carbons (Fsp3) is 0.429. The number of hydrogen-bond acceptors (Lipinski definition) is 2. The number of benzene rings is 1. The number of hydrogen-bond donors (Lipinski definition) is 2. The molecule has 0 bridgehead atoms. The first kappa shape index (κ1) is 12.6. The van der Waals surface area contributed by atoms with Gasteiger partial charge in [0, 0.05) is 12.5 Å². The average Bonchev–Trinajstić information content (AvgIpc) is 2.31. The predicted molar refractivity (Wildman–Crippen MR) is 67.5 cm³/mol. The molecule has 1 aromatic rings. The molecule has 0 aromatic heterocycles. The maximum Gasteiger partial charge on any atom is 0.335 e. The van der Waals surface area contributed by atoms with Gasteiger partial charge in [-0.1, -0.05) is 18.2 Å². The molecular weight excluding hydrogens is 230 g/mol. The Balaban J connectivity index is 1.89. The minimum Gasteiger partial charge on any atom is -0.478 e. The van der Waals surface area contributed by atoms with Crippen LogP contribution in [0.25, 0.3) is 0 Å². The number of rotatable bonds is 5. The van der Waals surface area contributed by atoms with Gasteiger partial charge in [-0.05, 0) is 37.3 Å². The molecule has 4 heteroatoms. The van der Waals surface area contributed by atoms with Crippen LogP contribution in [0.1, 0.15) is 41.6 Å². The SMILES string of the molecule is O=C(CCc1ccccc1C(=O)O)NC1CCC1. The average molecular weight is 247 g/mol. The van der Waals surface area contributed by atoms with Gasteiger partial charge < -0.3 is 10.4 Å². The van der Waals surface area contributed by atoms with Gasteiger partial charge in [0.15, 0.2) is 0 Å². The van der Waals surface area contributed by atoms with Gasteiger partial charge >= 0.3 is 5.97 Å². The van der Waals surface area contributed by atoms with Crippen LogP contribution in [-0.4, -0.2) is 23.0 Å². The van der Waals surface area contributed by atoms with Crippen LogP contribution in [0.3, 0.4) is 0 Å². The van der Waals surface area contributed by atoms with E-state index in [1.54, 1.807) is 24.3 Å². The van der Waals surface area contributed by atoms with E-state index in [1.165, 1.54) is 6.42 Å². The molecule has 96 valence electrons. The molecule has 2 N–H and O–H groups in total. The molecule has 1 aliphatic rings. The second-order valence-electron chi connectivity index (χ2n) is 4.66. The molecule has 0 heterocycles. The first-order valence-corrected chi connectivity index (χ1v) is 6.27. The summed E-state index contributed by atoms with van der Waals surface area (Å²) in [4.78, 5) is 22.6. The number of aromatic carboxylic acids is 1. The molecule has 1 aliphatic carbocycles. The fourth-order valence-electron chi connectivity index (χ4n) is 2.05. The predicted octanol–water partition coefficient (Wildman–Crippen LogP) is 1.99. The molecule has 1 amide bonds. The van der Waals surface area contributed by atoms with Crippen LogP contribution < -0.4 is 5.32 Å². The molecule has 18 heavy (non-hydrogen) atoms. The van der Waals surface area contributed by atoms with Crippen molar-refractivity contribution in [3.05, 3.63) is 35.4 Å². The lowest BCUT2D eigenvalue weighted by Crippen LogP contribution is -2.39. The Bertz CT molecular complexity index is 452. The van der Waals surface area contributed by atoms with Crippen molar-refractivity contribution < 1.29 is 14.7 Å². The van der Waals surface area contributed by atoms with Crippen molar-refractivity contribution >= 4 is 11.9 Å². The van der Waals surface area contributed by atoms with Crippen LogP contribution in [0.4, 0.5) is 0 Å². The van der Waals surface area contributed by atoms with Crippen LogP contribution >= 0.6 is 0 Å². The van der Waals surface area contributed by atoms with Gasteiger partial charge in [-0.25, -0.2) is 4.79 Å². The maximum atomic E-state index is 11.6. The van der Waals surface area contributed by atoms with E-state index in [-0.39, 0.29) is 11.5 Å². The highest BCUT2D eigenvalue weighted by Gasteiger charge is 2.19. The molecule has 0 unspecified atom stereocenters. The van der Waals surface area contributed by atoms with E-state index in [0.717, 1.165) is 12.8 Å². The molecule has 0 spiro atoms. The number of carboxylic acids is 1. The summed E-state index contributed by atoms with van der Waals surface area (Å²) in [6.07, 6.45) is 4.14. The van der Waals surface area contributed by atoms with Crippen molar-refractivity contribution in [1.29, 1.82) is 0 Å². The summed E-state index contributed by atoms with van der Waals surface area (Å²) in [5.41, 5.74) is 1.00. The van der Waals surface area contributed by atoms with Gasteiger partial charge in [0.2, 0.25) is 5.91 Å². The maximum absolute atomic E-state index is 11.6.